The van der Waals surface area contributed by atoms with Crippen LogP contribution in [-0.2, 0) is 28.6 Å². The number of methoxy groups -OCH3 is 2. The Hall–Kier alpha value is -2.37. The van der Waals surface area contributed by atoms with Gasteiger partial charge in [-0.25, -0.2) is 14.4 Å². The van der Waals surface area contributed by atoms with E-state index in [0.29, 0.717) is 23.7 Å². The molecule has 0 heterocycles. The summed E-state index contributed by atoms with van der Waals surface area (Å²) >= 11 is 0. The molecule has 27 heavy (non-hydrogen) atoms. The maximum absolute atomic E-state index is 10.8. The summed E-state index contributed by atoms with van der Waals surface area (Å²) in [5.41, 5.74) is 0.866. The second-order valence-electron chi connectivity index (χ2n) is 5.79. The van der Waals surface area contributed by atoms with Crippen LogP contribution in [0.5, 0.6) is 0 Å². The van der Waals surface area contributed by atoms with Gasteiger partial charge in [-0.1, -0.05) is 52.8 Å². The minimum Gasteiger partial charge on any atom is -0.466 e. The first-order chi connectivity index (χ1) is 12.6. The first kappa shape index (κ1) is 29.4. The molecule has 1 unspecified atom stereocenters. The molecule has 0 N–H and O–H groups in total. The largest absolute Gasteiger partial charge is 0.466 e. The maximum atomic E-state index is 10.8. The summed E-state index contributed by atoms with van der Waals surface area (Å²) in [6.07, 6.45) is 5.85. The van der Waals surface area contributed by atoms with E-state index in [1.807, 2.05) is 0 Å². The maximum Gasteiger partial charge on any atom is 0.332 e. The number of carbonyl (C=O) groups is 3. The van der Waals surface area contributed by atoms with Crippen LogP contribution in [0.2, 0.25) is 0 Å². The zero-order chi connectivity index (χ0) is 21.8. The molecule has 0 aliphatic rings. The molecule has 0 saturated heterocycles. The van der Waals surface area contributed by atoms with Crippen molar-refractivity contribution < 1.29 is 28.6 Å². The summed E-state index contributed by atoms with van der Waals surface area (Å²) in [5.74, 6) is -0.487. The van der Waals surface area contributed by atoms with Gasteiger partial charge in [-0.3, -0.25) is 0 Å². The molecule has 0 bridgehead atoms. The van der Waals surface area contributed by atoms with Crippen LogP contribution >= 0.6 is 0 Å². The minimum atomic E-state index is -0.347. The summed E-state index contributed by atoms with van der Waals surface area (Å²) < 4.78 is 13.5. The lowest BCUT2D eigenvalue weighted by Gasteiger charge is -2.13. The molecule has 6 nitrogen and oxygen atoms in total. The van der Waals surface area contributed by atoms with E-state index in [-0.39, 0.29) is 17.9 Å². The lowest BCUT2D eigenvalue weighted by Crippen LogP contribution is -2.12. The van der Waals surface area contributed by atoms with Gasteiger partial charge in [-0.05, 0) is 26.2 Å². The molecule has 0 aliphatic carbocycles. The van der Waals surface area contributed by atoms with Crippen molar-refractivity contribution in [2.75, 3.05) is 20.8 Å². The van der Waals surface area contributed by atoms with Crippen molar-refractivity contribution in [2.45, 2.75) is 53.4 Å². The van der Waals surface area contributed by atoms with E-state index in [1.165, 1.54) is 33.1 Å². The molecule has 0 amide bonds. The molecule has 0 radical (unpaired) electrons. The Bertz CT molecular complexity index is 453. The molecule has 0 saturated carbocycles. The second-order valence-corrected chi connectivity index (χ2v) is 5.79. The van der Waals surface area contributed by atoms with Crippen LogP contribution in [0.4, 0.5) is 0 Å². The lowest BCUT2D eigenvalue weighted by atomic mass is 10.0. The first-order valence-corrected chi connectivity index (χ1v) is 8.87. The smallest absolute Gasteiger partial charge is 0.332 e. The zero-order valence-electron chi connectivity index (χ0n) is 17.8. The van der Waals surface area contributed by atoms with Crippen LogP contribution in [0.25, 0.3) is 0 Å². The minimum absolute atomic E-state index is 0.310. The molecule has 0 aromatic heterocycles. The molecule has 0 rings (SSSR count). The van der Waals surface area contributed by atoms with Crippen molar-refractivity contribution >= 4 is 17.9 Å². The average molecular weight is 385 g/mol. The Kier molecular flexibility index (Phi) is 21.7. The fourth-order valence-corrected chi connectivity index (χ4v) is 1.51. The highest BCUT2D eigenvalue weighted by Gasteiger charge is 2.07. The van der Waals surface area contributed by atoms with Crippen molar-refractivity contribution in [3.05, 3.63) is 37.0 Å². The van der Waals surface area contributed by atoms with Gasteiger partial charge in [-0.15, -0.1) is 0 Å². The number of ether oxygens (including phenoxy) is 3. The van der Waals surface area contributed by atoms with Gasteiger partial charge in [-0.2, -0.15) is 0 Å². The number of unbranched alkanes of at least 4 members (excludes halogenated alkanes) is 1. The third-order valence-electron chi connectivity index (χ3n) is 3.24. The highest BCUT2D eigenvalue weighted by Crippen LogP contribution is 2.12. The highest BCUT2D eigenvalue weighted by molar-refractivity contribution is 5.87. The summed E-state index contributed by atoms with van der Waals surface area (Å²) in [7, 11) is 2.66. The predicted molar refractivity (Wildman–Crippen MR) is 108 cm³/mol. The van der Waals surface area contributed by atoms with Gasteiger partial charge in [0.1, 0.15) is 0 Å². The zero-order valence-corrected chi connectivity index (χ0v) is 17.8. The fraction of sp³-hybridized carbons (Fsp3) is 0.571. The molecule has 0 fully saturated rings. The monoisotopic (exact) mass is 384 g/mol. The van der Waals surface area contributed by atoms with Gasteiger partial charge in [0.05, 0.1) is 20.8 Å². The topological polar surface area (TPSA) is 78.9 Å². The number of carbonyl (C=O) groups excluding carboxylic acids is 3. The van der Waals surface area contributed by atoms with E-state index in [4.69, 9.17) is 4.74 Å². The summed E-state index contributed by atoms with van der Waals surface area (Å²) in [5, 5.41) is 0. The normalized spacial score (nSPS) is 9.85. The second kappa shape index (κ2) is 19.9. The summed E-state index contributed by atoms with van der Waals surface area (Å²) in [6, 6.07) is 0. The van der Waals surface area contributed by atoms with Gasteiger partial charge in [0.15, 0.2) is 0 Å². The average Bonchev–Trinajstić information content (AvgIpc) is 2.67. The van der Waals surface area contributed by atoms with E-state index >= 15 is 0 Å². The van der Waals surface area contributed by atoms with E-state index in [1.54, 1.807) is 13.8 Å². The molecule has 6 heteroatoms. The van der Waals surface area contributed by atoms with Crippen LogP contribution in [-0.4, -0.2) is 38.7 Å². The fourth-order valence-electron chi connectivity index (χ4n) is 1.51. The van der Waals surface area contributed by atoms with Crippen molar-refractivity contribution in [1.29, 1.82) is 0 Å². The van der Waals surface area contributed by atoms with E-state index in [2.05, 4.69) is 43.1 Å². The van der Waals surface area contributed by atoms with Crippen LogP contribution in [0.1, 0.15) is 53.4 Å². The van der Waals surface area contributed by atoms with Crippen molar-refractivity contribution in [3.63, 3.8) is 0 Å². The number of esters is 3. The molecular weight excluding hydrogens is 348 g/mol. The number of hydrogen-bond acceptors (Lipinski definition) is 6. The Balaban J connectivity index is -0.000000350. The van der Waals surface area contributed by atoms with Gasteiger partial charge in [0.2, 0.25) is 0 Å². The van der Waals surface area contributed by atoms with Gasteiger partial charge in [0.25, 0.3) is 0 Å². The third kappa shape index (κ3) is 21.6. The molecule has 0 aliphatic heterocycles. The van der Waals surface area contributed by atoms with Crippen molar-refractivity contribution in [1.82, 2.24) is 0 Å². The third-order valence-corrected chi connectivity index (χ3v) is 3.24. The van der Waals surface area contributed by atoms with Crippen molar-refractivity contribution in [2.24, 2.45) is 5.92 Å². The SMILES string of the molecule is C=C(C)C(=O)OC.C=C(C)C(=O)OC.C=CC(=O)OCC(CC)CCCC. The van der Waals surface area contributed by atoms with Gasteiger partial charge in [0, 0.05) is 17.2 Å². The van der Waals surface area contributed by atoms with E-state index < -0.39 is 0 Å². The quantitative estimate of drug-likeness (QED) is 0.333. The van der Waals surface area contributed by atoms with Gasteiger partial charge >= 0.3 is 17.9 Å². The van der Waals surface area contributed by atoms with E-state index in [0.717, 1.165) is 12.8 Å². The summed E-state index contributed by atoms with van der Waals surface area (Å²) in [6.45, 7) is 18.1. The Morgan fingerprint density at radius 1 is 0.963 bits per heavy atom. The summed E-state index contributed by atoms with van der Waals surface area (Å²) in [4.78, 5) is 31.1. The lowest BCUT2D eigenvalue weighted by molar-refractivity contribution is -0.139. The Morgan fingerprint density at radius 3 is 1.63 bits per heavy atom. The Labute approximate surface area is 164 Å². The Morgan fingerprint density at radius 2 is 1.41 bits per heavy atom. The van der Waals surface area contributed by atoms with Gasteiger partial charge < -0.3 is 14.2 Å². The first-order valence-electron chi connectivity index (χ1n) is 8.87. The molecule has 156 valence electrons. The van der Waals surface area contributed by atoms with Crippen LogP contribution < -0.4 is 0 Å². The number of rotatable bonds is 9. The predicted octanol–water partition coefficient (Wildman–Crippen LogP) is 4.40. The highest BCUT2D eigenvalue weighted by atomic mass is 16.5. The number of hydrogen-bond donors (Lipinski definition) is 0. The van der Waals surface area contributed by atoms with Crippen LogP contribution in [0, 0.1) is 5.92 Å². The molecule has 0 aromatic carbocycles. The van der Waals surface area contributed by atoms with Crippen LogP contribution in [0.3, 0.4) is 0 Å². The molecular formula is C21H36O6. The van der Waals surface area contributed by atoms with Crippen molar-refractivity contribution in [3.8, 4) is 0 Å². The van der Waals surface area contributed by atoms with Crippen LogP contribution in [0.15, 0.2) is 37.0 Å². The standard InChI is InChI=1S/C11H20O2.2C5H8O2/c1-4-7-8-10(5-2)9-13-11(12)6-3;2*1-4(2)5(6)7-3/h6,10H,3-5,7-9H2,1-2H3;2*1H2,2-3H3. The molecule has 0 spiro atoms. The van der Waals surface area contributed by atoms with E-state index in [9.17, 15) is 14.4 Å². The molecule has 1 atom stereocenters. The molecule has 0 aromatic rings.